The molecule has 1 saturated heterocycles. The molecule has 3 nitrogen and oxygen atoms in total. The van der Waals surface area contributed by atoms with Crippen LogP contribution in [0.3, 0.4) is 0 Å². The van der Waals surface area contributed by atoms with Gasteiger partial charge in [-0.25, -0.2) is 0 Å². The topological polar surface area (TPSA) is 47.3 Å². The molecule has 1 aliphatic rings. The second kappa shape index (κ2) is 5.80. The predicted octanol–water partition coefficient (Wildman–Crippen LogP) is 2.53. The van der Waals surface area contributed by atoms with Crippen LogP contribution in [0.25, 0.3) is 0 Å². The second-order valence-corrected chi connectivity index (χ2v) is 5.46. The van der Waals surface area contributed by atoms with Crippen molar-refractivity contribution in [1.29, 1.82) is 0 Å². The van der Waals surface area contributed by atoms with Gasteiger partial charge in [-0.2, -0.15) is 0 Å². The first-order valence-corrected chi connectivity index (χ1v) is 6.78. The van der Waals surface area contributed by atoms with E-state index in [1.807, 2.05) is 18.2 Å². The Morgan fingerprint density at radius 1 is 1.59 bits per heavy atom. The third kappa shape index (κ3) is 3.40. The van der Waals surface area contributed by atoms with Crippen LogP contribution in [0.5, 0.6) is 0 Å². The van der Waals surface area contributed by atoms with Gasteiger partial charge in [0, 0.05) is 34.8 Å². The summed E-state index contributed by atoms with van der Waals surface area (Å²) in [6.07, 6.45) is 1.13. The van der Waals surface area contributed by atoms with E-state index >= 15 is 0 Å². The molecular formula is C12H15BrN2OS. The molecule has 1 aromatic carbocycles. The summed E-state index contributed by atoms with van der Waals surface area (Å²) in [6.45, 7) is 2.68. The lowest BCUT2D eigenvalue weighted by molar-refractivity contribution is 0.187. The Balaban J connectivity index is 1.98. The van der Waals surface area contributed by atoms with Crippen molar-refractivity contribution in [3.8, 4) is 0 Å². The Bertz CT molecular complexity index is 419. The Kier molecular flexibility index (Phi) is 4.36. The van der Waals surface area contributed by atoms with Crippen LogP contribution in [-0.2, 0) is 4.74 Å². The monoisotopic (exact) mass is 314 g/mol. The van der Waals surface area contributed by atoms with Crippen LogP contribution in [0.15, 0.2) is 22.7 Å². The maximum atomic E-state index is 5.58. The molecule has 0 aromatic heterocycles. The molecule has 1 fully saturated rings. The van der Waals surface area contributed by atoms with Crippen LogP contribution < -0.4 is 11.1 Å². The van der Waals surface area contributed by atoms with Crippen molar-refractivity contribution in [2.75, 3.05) is 25.1 Å². The van der Waals surface area contributed by atoms with E-state index in [2.05, 4.69) is 21.2 Å². The first-order chi connectivity index (χ1) is 8.16. The molecule has 0 amide bonds. The van der Waals surface area contributed by atoms with Crippen molar-refractivity contribution in [3.63, 3.8) is 0 Å². The van der Waals surface area contributed by atoms with Gasteiger partial charge in [0.2, 0.25) is 0 Å². The van der Waals surface area contributed by atoms with Crippen molar-refractivity contribution in [3.05, 3.63) is 28.2 Å². The number of nitrogens with one attached hydrogen (secondary N) is 1. The number of thiocarbonyl (C=S) groups is 1. The highest BCUT2D eigenvalue weighted by molar-refractivity contribution is 9.10. The van der Waals surface area contributed by atoms with E-state index in [4.69, 9.17) is 22.7 Å². The smallest absolute Gasteiger partial charge is 0.104 e. The third-order valence-electron chi connectivity index (χ3n) is 2.86. The molecular weight excluding hydrogens is 300 g/mol. The summed E-state index contributed by atoms with van der Waals surface area (Å²) >= 11 is 8.45. The minimum Gasteiger partial charge on any atom is -0.389 e. The Labute approximate surface area is 115 Å². The lowest BCUT2D eigenvalue weighted by Gasteiger charge is -2.13. The summed E-state index contributed by atoms with van der Waals surface area (Å²) in [7, 11) is 0. The summed E-state index contributed by atoms with van der Waals surface area (Å²) < 4.78 is 6.33. The fraction of sp³-hybridized carbons (Fsp3) is 0.417. The van der Waals surface area contributed by atoms with Gasteiger partial charge in [0.25, 0.3) is 0 Å². The van der Waals surface area contributed by atoms with Crippen molar-refractivity contribution in [2.45, 2.75) is 6.42 Å². The molecule has 1 aliphatic heterocycles. The van der Waals surface area contributed by atoms with Crippen LogP contribution in [0.2, 0.25) is 0 Å². The molecule has 2 rings (SSSR count). The molecule has 0 saturated carbocycles. The zero-order chi connectivity index (χ0) is 12.3. The molecule has 17 heavy (non-hydrogen) atoms. The molecule has 0 aliphatic carbocycles. The SMILES string of the molecule is NC(=S)c1ccc(NCC2CCOC2)c(Br)c1. The Hall–Kier alpha value is -0.650. The van der Waals surface area contributed by atoms with Crippen LogP contribution in [0, 0.1) is 5.92 Å². The van der Waals surface area contributed by atoms with Gasteiger partial charge in [-0.1, -0.05) is 12.2 Å². The van der Waals surface area contributed by atoms with Gasteiger partial charge in [-0.15, -0.1) is 0 Å². The fourth-order valence-electron chi connectivity index (χ4n) is 1.81. The van der Waals surface area contributed by atoms with Crippen molar-refractivity contribution in [1.82, 2.24) is 0 Å². The lowest BCUT2D eigenvalue weighted by atomic mass is 10.1. The maximum Gasteiger partial charge on any atom is 0.104 e. The first-order valence-electron chi connectivity index (χ1n) is 5.58. The zero-order valence-electron chi connectivity index (χ0n) is 9.41. The number of halogens is 1. The molecule has 0 spiro atoms. The van der Waals surface area contributed by atoms with E-state index < -0.39 is 0 Å². The maximum absolute atomic E-state index is 5.58. The molecule has 3 N–H and O–H groups in total. The Morgan fingerprint density at radius 3 is 3.00 bits per heavy atom. The zero-order valence-corrected chi connectivity index (χ0v) is 11.8. The standard InChI is InChI=1S/C12H15BrN2OS/c13-10-5-9(12(14)17)1-2-11(10)15-6-8-3-4-16-7-8/h1-2,5,8,15H,3-4,6-7H2,(H2,14,17). The van der Waals surface area contributed by atoms with E-state index in [9.17, 15) is 0 Å². The Morgan fingerprint density at radius 2 is 2.41 bits per heavy atom. The van der Waals surface area contributed by atoms with Crippen molar-refractivity contribution < 1.29 is 4.74 Å². The first kappa shape index (κ1) is 12.8. The lowest BCUT2D eigenvalue weighted by Crippen LogP contribution is -2.15. The number of benzene rings is 1. The van der Waals surface area contributed by atoms with Crippen molar-refractivity contribution in [2.24, 2.45) is 11.7 Å². The van der Waals surface area contributed by atoms with Crippen molar-refractivity contribution >= 4 is 38.8 Å². The van der Waals surface area contributed by atoms with E-state index in [-0.39, 0.29) is 0 Å². The molecule has 0 bridgehead atoms. The summed E-state index contributed by atoms with van der Waals surface area (Å²) in [5, 5.41) is 3.41. The van der Waals surface area contributed by atoms with Gasteiger partial charge in [0.1, 0.15) is 4.99 Å². The van der Waals surface area contributed by atoms with Gasteiger partial charge in [0.05, 0.1) is 6.61 Å². The summed E-state index contributed by atoms with van der Waals surface area (Å²) in [5.74, 6) is 0.608. The van der Waals surface area contributed by atoms with Gasteiger partial charge in [-0.05, 0) is 40.5 Å². The van der Waals surface area contributed by atoms with Gasteiger partial charge < -0.3 is 15.8 Å². The molecule has 1 heterocycles. The number of hydrogen-bond acceptors (Lipinski definition) is 3. The molecule has 1 atom stereocenters. The molecule has 1 aromatic rings. The number of nitrogens with two attached hydrogens (primary N) is 1. The number of anilines is 1. The van der Waals surface area contributed by atoms with Crippen LogP contribution in [0.4, 0.5) is 5.69 Å². The second-order valence-electron chi connectivity index (χ2n) is 4.17. The minimum absolute atomic E-state index is 0.418. The average Bonchev–Trinajstić information content (AvgIpc) is 2.80. The quantitative estimate of drug-likeness (QED) is 0.838. The van der Waals surface area contributed by atoms with E-state index in [1.165, 1.54) is 0 Å². The summed E-state index contributed by atoms with van der Waals surface area (Å²) in [4.78, 5) is 0.418. The van der Waals surface area contributed by atoms with Crippen LogP contribution >= 0.6 is 28.1 Å². The molecule has 0 radical (unpaired) electrons. The number of rotatable bonds is 4. The van der Waals surface area contributed by atoms with Gasteiger partial charge >= 0.3 is 0 Å². The largest absolute Gasteiger partial charge is 0.389 e. The van der Waals surface area contributed by atoms with E-state index in [1.54, 1.807) is 0 Å². The number of ether oxygens (including phenoxy) is 1. The molecule has 92 valence electrons. The summed E-state index contributed by atoms with van der Waals surface area (Å²) in [5.41, 5.74) is 7.52. The third-order valence-corrected chi connectivity index (χ3v) is 3.75. The van der Waals surface area contributed by atoms with E-state index in [0.717, 1.165) is 41.9 Å². The fourth-order valence-corrected chi connectivity index (χ4v) is 2.46. The highest BCUT2D eigenvalue weighted by Crippen LogP contribution is 2.24. The van der Waals surface area contributed by atoms with Gasteiger partial charge in [0.15, 0.2) is 0 Å². The minimum atomic E-state index is 0.418. The normalized spacial score (nSPS) is 19.2. The molecule has 5 heteroatoms. The molecule has 1 unspecified atom stereocenters. The van der Waals surface area contributed by atoms with Crippen LogP contribution in [0.1, 0.15) is 12.0 Å². The highest BCUT2D eigenvalue weighted by Gasteiger charge is 2.15. The predicted molar refractivity (Wildman–Crippen MR) is 77.4 cm³/mol. The van der Waals surface area contributed by atoms with E-state index in [0.29, 0.717) is 10.9 Å². The van der Waals surface area contributed by atoms with Crippen LogP contribution in [-0.4, -0.2) is 24.7 Å². The van der Waals surface area contributed by atoms with Gasteiger partial charge in [-0.3, -0.25) is 0 Å². The highest BCUT2D eigenvalue weighted by atomic mass is 79.9. The number of hydrogen-bond donors (Lipinski definition) is 2. The average molecular weight is 315 g/mol. The summed E-state index contributed by atoms with van der Waals surface area (Å²) in [6, 6.07) is 5.87.